The van der Waals surface area contributed by atoms with Gasteiger partial charge in [0.2, 0.25) is 0 Å². The fourth-order valence-corrected chi connectivity index (χ4v) is 3.92. The topological polar surface area (TPSA) is 56.1 Å². The van der Waals surface area contributed by atoms with E-state index < -0.39 is 9.84 Å². The Morgan fingerprint density at radius 2 is 1.65 bits per heavy atom. The molecular weight excluding hydrogens is 310 g/mol. The van der Waals surface area contributed by atoms with Gasteiger partial charge >= 0.3 is 0 Å². The number of rotatable bonds is 5. The van der Waals surface area contributed by atoms with Crippen molar-refractivity contribution in [3.05, 3.63) is 66.4 Å². The van der Waals surface area contributed by atoms with Gasteiger partial charge in [0.15, 0.2) is 15.6 Å². The van der Waals surface area contributed by atoms with Crippen molar-refractivity contribution >= 4 is 26.5 Å². The van der Waals surface area contributed by atoms with Gasteiger partial charge in [0.05, 0.1) is 16.3 Å². The average Bonchev–Trinajstić information content (AvgIpc) is 2.91. The molecule has 0 aliphatic heterocycles. The lowest BCUT2D eigenvalue weighted by molar-refractivity contribution is 0.0981. The van der Waals surface area contributed by atoms with Crippen LogP contribution in [0.25, 0.3) is 10.9 Å². The van der Waals surface area contributed by atoms with Crippen LogP contribution in [0.2, 0.25) is 0 Å². The van der Waals surface area contributed by atoms with Crippen LogP contribution in [0.3, 0.4) is 0 Å². The van der Waals surface area contributed by atoms with Crippen molar-refractivity contribution < 1.29 is 13.2 Å². The number of sulfone groups is 1. The zero-order valence-corrected chi connectivity index (χ0v) is 13.6. The van der Waals surface area contributed by atoms with Gasteiger partial charge in [-0.05, 0) is 24.3 Å². The largest absolute Gasteiger partial charge is 0.341 e. The van der Waals surface area contributed by atoms with Crippen LogP contribution in [0.15, 0.2) is 65.6 Å². The van der Waals surface area contributed by atoms with E-state index in [4.69, 9.17) is 0 Å². The molecule has 1 heterocycles. The maximum atomic E-state index is 12.4. The number of ketones is 1. The number of Topliss-reactive ketones (excluding diaryl/α,β-unsaturated/α-hetero) is 1. The second-order valence-corrected chi connectivity index (χ2v) is 7.56. The summed E-state index contributed by atoms with van der Waals surface area (Å²) in [6, 6.07) is 17.7. The van der Waals surface area contributed by atoms with Crippen molar-refractivity contribution in [1.29, 1.82) is 0 Å². The Labute approximate surface area is 135 Å². The van der Waals surface area contributed by atoms with E-state index in [9.17, 15) is 13.2 Å². The van der Waals surface area contributed by atoms with Crippen molar-refractivity contribution in [2.75, 3.05) is 5.75 Å². The number of hydrogen-bond acceptors (Lipinski definition) is 3. The van der Waals surface area contributed by atoms with Crippen LogP contribution < -0.4 is 0 Å². The Balaban J connectivity index is 1.80. The first-order valence-electron chi connectivity index (χ1n) is 7.34. The molecule has 23 heavy (non-hydrogen) atoms. The fraction of sp³-hybridized carbons (Fsp3) is 0.167. The molecule has 5 heteroatoms. The van der Waals surface area contributed by atoms with Crippen LogP contribution in [0, 0.1) is 0 Å². The molecule has 0 atom stereocenters. The van der Waals surface area contributed by atoms with E-state index in [1.807, 2.05) is 41.9 Å². The molecule has 0 bridgehead atoms. The van der Waals surface area contributed by atoms with Gasteiger partial charge in [-0.25, -0.2) is 8.42 Å². The molecule has 118 valence electrons. The fourth-order valence-electron chi connectivity index (χ4n) is 2.66. The number of aromatic nitrogens is 1. The Hall–Kier alpha value is -2.40. The SMILES string of the molecule is Cn1c(C(=O)CCS(=O)(=O)c2ccccc2)cc2ccccc21. The lowest BCUT2D eigenvalue weighted by Gasteiger charge is -2.05. The van der Waals surface area contributed by atoms with Gasteiger partial charge in [0.1, 0.15) is 0 Å². The van der Waals surface area contributed by atoms with Crippen molar-refractivity contribution in [3.63, 3.8) is 0 Å². The minimum Gasteiger partial charge on any atom is -0.341 e. The van der Waals surface area contributed by atoms with Crippen LogP contribution in [0.5, 0.6) is 0 Å². The molecule has 0 N–H and O–H groups in total. The number of hydrogen-bond donors (Lipinski definition) is 0. The number of carbonyl (C=O) groups excluding carboxylic acids is 1. The third-order valence-corrected chi connectivity index (χ3v) is 5.67. The quantitative estimate of drug-likeness (QED) is 0.676. The van der Waals surface area contributed by atoms with E-state index >= 15 is 0 Å². The second kappa shape index (κ2) is 6.01. The highest BCUT2D eigenvalue weighted by Gasteiger charge is 2.19. The molecule has 0 unspecified atom stereocenters. The molecule has 0 aliphatic carbocycles. The highest BCUT2D eigenvalue weighted by molar-refractivity contribution is 7.91. The number of carbonyl (C=O) groups is 1. The summed E-state index contributed by atoms with van der Waals surface area (Å²) >= 11 is 0. The molecule has 4 nitrogen and oxygen atoms in total. The molecule has 0 amide bonds. The second-order valence-electron chi connectivity index (χ2n) is 5.45. The molecule has 1 aromatic heterocycles. The van der Waals surface area contributed by atoms with Gasteiger partial charge in [0, 0.05) is 24.4 Å². The highest BCUT2D eigenvalue weighted by atomic mass is 32.2. The standard InChI is InChI=1S/C18H17NO3S/c1-19-16-10-6-5-7-14(16)13-17(19)18(20)11-12-23(21,22)15-8-3-2-4-9-15/h2-10,13H,11-12H2,1H3. The van der Waals surface area contributed by atoms with E-state index in [2.05, 4.69) is 0 Å². The van der Waals surface area contributed by atoms with E-state index in [0.29, 0.717) is 5.69 Å². The predicted molar refractivity (Wildman–Crippen MR) is 90.4 cm³/mol. The number of para-hydroxylation sites is 1. The monoisotopic (exact) mass is 327 g/mol. The lowest BCUT2D eigenvalue weighted by Crippen LogP contribution is -2.13. The first-order valence-corrected chi connectivity index (χ1v) is 9.00. The smallest absolute Gasteiger partial charge is 0.180 e. The molecule has 3 aromatic rings. The number of nitrogens with zero attached hydrogens (tertiary/aromatic N) is 1. The minimum absolute atomic E-state index is 0.0264. The molecule has 3 rings (SSSR count). The van der Waals surface area contributed by atoms with E-state index in [1.54, 1.807) is 30.3 Å². The number of benzene rings is 2. The molecule has 0 spiro atoms. The summed E-state index contributed by atoms with van der Waals surface area (Å²) < 4.78 is 26.3. The zero-order valence-electron chi connectivity index (χ0n) is 12.8. The Bertz CT molecular complexity index is 956. The van der Waals surface area contributed by atoms with Gasteiger partial charge < -0.3 is 4.57 Å². The molecule has 0 radical (unpaired) electrons. The van der Waals surface area contributed by atoms with Gasteiger partial charge in [-0.1, -0.05) is 36.4 Å². The van der Waals surface area contributed by atoms with Crippen molar-refractivity contribution in [1.82, 2.24) is 4.57 Å². The highest BCUT2D eigenvalue weighted by Crippen LogP contribution is 2.20. The summed E-state index contributed by atoms with van der Waals surface area (Å²) in [5, 5.41) is 0.976. The molecule has 0 aliphatic rings. The van der Waals surface area contributed by atoms with Crippen LogP contribution in [-0.4, -0.2) is 24.5 Å². The average molecular weight is 327 g/mol. The molecule has 2 aromatic carbocycles. The first kappa shape index (κ1) is 15.5. The third kappa shape index (κ3) is 3.05. The molecular formula is C18H17NO3S. The minimum atomic E-state index is -3.44. The van der Waals surface area contributed by atoms with Gasteiger partial charge in [0.25, 0.3) is 0 Å². The summed E-state index contributed by atoms with van der Waals surface area (Å²) in [5.41, 5.74) is 1.50. The van der Waals surface area contributed by atoms with E-state index in [-0.39, 0.29) is 22.9 Å². The Morgan fingerprint density at radius 3 is 2.35 bits per heavy atom. The first-order chi connectivity index (χ1) is 11.0. The third-order valence-electron chi connectivity index (χ3n) is 3.94. The summed E-state index contributed by atoms with van der Waals surface area (Å²) in [6.45, 7) is 0. The Kier molecular flexibility index (Phi) is 4.05. The van der Waals surface area contributed by atoms with E-state index in [0.717, 1.165) is 10.9 Å². The van der Waals surface area contributed by atoms with Crippen LogP contribution in [0.4, 0.5) is 0 Å². The van der Waals surface area contributed by atoms with Gasteiger partial charge in [-0.3, -0.25) is 4.79 Å². The Morgan fingerprint density at radius 1 is 1.00 bits per heavy atom. The van der Waals surface area contributed by atoms with Gasteiger partial charge in [-0.2, -0.15) is 0 Å². The van der Waals surface area contributed by atoms with E-state index in [1.165, 1.54) is 0 Å². The molecule has 0 saturated carbocycles. The van der Waals surface area contributed by atoms with Crippen LogP contribution in [0.1, 0.15) is 16.9 Å². The molecule has 0 saturated heterocycles. The normalized spacial score (nSPS) is 11.7. The maximum Gasteiger partial charge on any atom is 0.180 e. The summed E-state index contributed by atoms with van der Waals surface area (Å²) in [7, 11) is -1.62. The van der Waals surface area contributed by atoms with Crippen molar-refractivity contribution in [3.8, 4) is 0 Å². The summed E-state index contributed by atoms with van der Waals surface area (Å²) in [4.78, 5) is 12.7. The van der Waals surface area contributed by atoms with Gasteiger partial charge in [-0.15, -0.1) is 0 Å². The van der Waals surface area contributed by atoms with Crippen molar-refractivity contribution in [2.24, 2.45) is 7.05 Å². The molecule has 0 fully saturated rings. The predicted octanol–water partition coefficient (Wildman–Crippen LogP) is 3.23. The van der Waals surface area contributed by atoms with Crippen LogP contribution in [-0.2, 0) is 16.9 Å². The number of aryl methyl sites for hydroxylation is 1. The zero-order chi connectivity index (χ0) is 16.4. The summed E-state index contributed by atoms with van der Waals surface area (Å²) in [6.07, 6.45) is -0.0264. The maximum absolute atomic E-state index is 12.4. The van der Waals surface area contributed by atoms with Crippen LogP contribution >= 0.6 is 0 Å². The van der Waals surface area contributed by atoms with Crippen molar-refractivity contribution in [2.45, 2.75) is 11.3 Å². The number of fused-ring (bicyclic) bond motifs is 1. The summed E-state index contributed by atoms with van der Waals surface area (Å²) in [5.74, 6) is -0.347. The lowest BCUT2D eigenvalue weighted by atomic mass is 10.2.